The summed E-state index contributed by atoms with van der Waals surface area (Å²) in [7, 11) is 1.26. The largest absolute Gasteiger partial charge is 0.508 e. The summed E-state index contributed by atoms with van der Waals surface area (Å²) in [5, 5.41) is 32.5. The van der Waals surface area contributed by atoms with Crippen LogP contribution in [0.1, 0.15) is 42.2 Å². The molecule has 2 aromatic rings. The number of rotatable bonds is 1. The average Bonchev–Trinajstić information content (AvgIpc) is 2.62. The van der Waals surface area contributed by atoms with Crippen LogP contribution in [-0.2, 0) is 10.3 Å². The van der Waals surface area contributed by atoms with E-state index in [9.17, 15) is 29.7 Å². The van der Waals surface area contributed by atoms with Crippen LogP contribution in [0.2, 0.25) is 0 Å². The molecule has 0 radical (unpaired) electrons. The van der Waals surface area contributed by atoms with Crippen LogP contribution in [0.5, 0.6) is 11.5 Å². The molecule has 0 fully saturated rings. The van der Waals surface area contributed by atoms with Crippen LogP contribution in [0, 0.1) is 6.92 Å². The number of phenols is 1. The number of methoxy groups -OCH3 is 1. The van der Waals surface area contributed by atoms with Crippen molar-refractivity contribution in [1.82, 2.24) is 0 Å². The molecule has 1 aliphatic carbocycles. The number of carbonyl (C=O) groups excluding carboxylic acids is 3. The lowest BCUT2D eigenvalue weighted by Gasteiger charge is -2.46. The number of phenolic OH excluding ortho intramolecular Hbond substituents is 1. The van der Waals surface area contributed by atoms with E-state index < -0.39 is 40.2 Å². The van der Waals surface area contributed by atoms with E-state index in [1.807, 2.05) is 0 Å². The molecule has 0 unspecified atom stereocenters. The van der Waals surface area contributed by atoms with Gasteiger partial charge >= 0.3 is 11.8 Å². The van der Waals surface area contributed by atoms with Crippen molar-refractivity contribution in [2.45, 2.75) is 18.3 Å². The van der Waals surface area contributed by atoms with Gasteiger partial charge in [-0.2, -0.15) is 0 Å². The Balaban J connectivity index is 2.13. The Morgan fingerprint density at radius 2 is 1.74 bits per heavy atom. The second-order valence-corrected chi connectivity index (χ2v) is 6.49. The predicted molar refractivity (Wildman–Crippen MR) is 88.8 cm³/mol. The molecule has 0 saturated heterocycles. The van der Waals surface area contributed by atoms with E-state index in [1.54, 1.807) is 6.92 Å². The smallest absolute Gasteiger partial charge is 0.341 e. The second kappa shape index (κ2) is 5.15. The predicted octanol–water partition coefficient (Wildman–Crippen LogP) is 0.835. The zero-order valence-corrected chi connectivity index (χ0v) is 14.3. The van der Waals surface area contributed by atoms with Gasteiger partial charge in [0.15, 0.2) is 0 Å². The SMILES string of the molecule is COc1cccc2c1C(=O)[C@]1(O)OC(=O)c3cc(C)cc(O)c3[C@]1(O)C2=O. The molecule has 0 spiro atoms. The number of ether oxygens (including phenoxy) is 2. The molecule has 27 heavy (non-hydrogen) atoms. The van der Waals surface area contributed by atoms with Crippen LogP contribution in [0.25, 0.3) is 0 Å². The lowest BCUT2D eigenvalue weighted by atomic mass is 9.67. The lowest BCUT2D eigenvalue weighted by Crippen LogP contribution is -2.68. The van der Waals surface area contributed by atoms with Gasteiger partial charge in [0, 0.05) is 5.56 Å². The minimum Gasteiger partial charge on any atom is -0.508 e. The maximum absolute atomic E-state index is 13.2. The van der Waals surface area contributed by atoms with Crippen LogP contribution in [0.3, 0.4) is 0 Å². The average molecular weight is 370 g/mol. The van der Waals surface area contributed by atoms with Crippen molar-refractivity contribution in [3.63, 3.8) is 0 Å². The van der Waals surface area contributed by atoms with Gasteiger partial charge < -0.3 is 24.8 Å². The molecule has 1 aliphatic heterocycles. The van der Waals surface area contributed by atoms with Crippen molar-refractivity contribution in [1.29, 1.82) is 0 Å². The fraction of sp³-hybridized carbons (Fsp3) is 0.211. The molecule has 8 nitrogen and oxygen atoms in total. The number of hydrogen-bond acceptors (Lipinski definition) is 8. The minimum absolute atomic E-state index is 0.0312. The van der Waals surface area contributed by atoms with Crippen LogP contribution in [-0.4, -0.2) is 45.8 Å². The molecular weight excluding hydrogens is 356 g/mol. The third kappa shape index (κ3) is 1.85. The molecule has 3 N–H and O–H groups in total. The Hall–Kier alpha value is -3.23. The molecule has 4 rings (SSSR count). The second-order valence-electron chi connectivity index (χ2n) is 6.49. The topological polar surface area (TPSA) is 130 Å². The zero-order chi connectivity index (χ0) is 19.7. The summed E-state index contributed by atoms with van der Waals surface area (Å²) in [4.78, 5) is 38.6. The first kappa shape index (κ1) is 17.2. The van der Waals surface area contributed by atoms with E-state index in [0.717, 1.165) is 0 Å². The third-order valence-corrected chi connectivity index (χ3v) is 4.93. The van der Waals surface area contributed by atoms with Gasteiger partial charge in [0.2, 0.25) is 17.2 Å². The Labute approximate surface area is 152 Å². The van der Waals surface area contributed by atoms with Gasteiger partial charge in [-0.1, -0.05) is 12.1 Å². The van der Waals surface area contributed by atoms with Gasteiger partial charge in [-0.05, 0) is 30.7 Å². The monoisotopic (exact) mass is 370 g/mol. The first-order valence-corrected chi connectivity index (χ1v) is 7.95. The van der Waals surface area contributed by atoms with E-state index in [2.05, 4.69) is 0 Å². The molecule has 0 saturated carbocycles. The van der Waals surface area contributed by atoms with Gasteiger partial charge in [0.05, 0.1) is 23.8 Å². The van der Waals surface area contributed by atoms with Crippen molar-refractivity contribution < 1.29 is 39.2 Å². The molecule has 8 heteroatoms. The number of benzene rings is 2. The van der Waals surface area contributed by atoms with Gasteiger partial charge in [-0.15, -0.1) is 0 Å². The number of carbonyl (C=O) groups is 3. The quantitative estimate of drug-likeness (QED) is 0.630. The number of ketones is 2. The Morgan fingerprint density at radius 1 is 1.04 bits per heavy atom. The third-order valence-electron chi connectivity index (χ3n) is 4.93. The van der Waals surface area contributed by atoms with Gasteiger partial charge in [0.1, 0.15) is 11.5 Å². The molecule has 1 heterocycles. The fourth-order valence-electron chi connectivity index (χ4n) is 3.71. The Morgan fingerprint density at radius 3 is 2.41 bits per heavy atom. The van der Waals surface area contributed by atoms with Crippen molar-refractivity contribution in [3.05, 3.63) is 58.1 Å². The summed E-state index contributed by atoms with van der Waals surface area (Å²) in [6.45, 7) is 1.58. The number of hydrogen-bond donors (Lipinski definition) is 3. The van der Waals surface area contributed by atoms with Gasteiger partial charge in [-0.25, -0.2) is 4.79 Å². The number of Topliss-reactive ketones (excluding diaryl/α,β-unsaturated/α-hetero) is 2. The van der Waals surface area contributed by atoms with E-state index in [-0.39, 0.29) is 22.4 Å². The summed E-state index contributed by atoms with van der Waals surface area (Å²) in [6, 6.07) is 6.58. The number of aryl methyl sites for hydroxylation is 1. The van der Waals surface area contributed by atoms with Crippen LogP contribution >= 0.6 is 0 Å². The summed E-state index contributed by atoms with van der Waals surface area (Å²) in [6.07, 6.45) is 0. The van der Waals surface area contributed by atoms with E-state index in [4.69, 9.17) is 9.47 Å². The highest BCUT2D eigenvalue weighted by Crippen LogP contribution is 2.52. The molecule has 2 aromatic carbocycles. The number of fused-ring (bicyclic) bond motifs is 4. The van der Waals surface area contributed by atoms with E-state index in [0.29, 0.717) is 5.56 Å². The standard InChI is InChI=1S/C19H14O8/c1-8-6-10-14(11(20)7-8)18(24)15(21)9-4-3-5-12(26-2)13(9)16(22)19(18,25)27-17(10)23/h3-7,20,24-25H,1-2H3/t18-,19-/m0/s1. The summed E-state index contributed by atoms with van der Waals surface area (Å²) >= 11 is 0. The van der Waals surface area contributed by atoms with Crippen molar-refractivity contribution in [2.75, 3.05) is 7.11 Å². The van der Waals surface area contributed by atoms with E-state index in [1.165, 1.54) is 37.4 Å². The maximum Gasteiger partial charge on any atom is 0.341 e. The molecule has 0 amide bonds. The fourth-order valence-corrected chi connectivity index (χ4v) is 3.71. The van der Waals surface area contributed by atoms with Crippen LogP contribution in [0.15, 0.2) is 30.3 Å². The van der Waals surface area contributed by atoms with Crippen LogP contribution in [0.4, 0.5) is 0 Å². The van der Waals surface area contributed by atoms with Gasteiger partial charge in [-0.3, -0.25) is 9.59 Å². The molecular formula is C19H14O8. The van der Waals surface area contributed by atoms with Gasteiger partial charge in [0.25, 0.3) is 0 Å². The molecule has 2 aliphatic rings. The Bertz CT molecular complexity index is 1060. The van der Waals surface area contributed by atoms with E-state index >= 15 is 0 Å². The lowest BCUT2D eigenvalue weighted by molar-refractivity contribution is -0.230. The van der Waals surface area contributed by atoms with Crippen molar-refractivity contribution >= 4 is 17.5 Å². The summed E-state index contributed by atoms with van der Waals surface area (Å²) in [5.74, 6) is -7.38. The molecule has 0 bridgehead atoms. The van der Waals surface area contributed by atoms with Crippen molar-refractivity contribution in [3.8, 4) is 11.5 Å². The molecule has 138 valence electrons. The number of aliphatic hydroxyl groups is 2. The minimum atomic E-state index is -3.25. The highest BCUT2D eigenvalue weighted by molar-refractivity contribution is 6.24. The number of aromatic hydroxyl groups is 1. The molecule has 2 atom stereocenters. The summed E-state index contributed by atoms with van der Waals surface area (Å²) < 4.78 is 9.95. The number of esters is 1. The first-order valence-electron chi connectivity index (χ1n) is 7.95. The molecule has 0 aromatic heterocycles. The summed E-state index contributed by atoms with van der Waals surface area (Å²) in [5.41, 5.74) is -3.99. The maximum atomic E-state index is 13.2. The zero-order valence-electron chi connectivity index (χ0n) is 14.3. The van der Waals surface area contributed by atoms with Crippen molar-refractivity contribution in [2.24, 2.45) is 0 Å². The normalized spacial score (nSPS) is 26.0. The van der Waals surface area contributed by atoms with Crippen LogP contribution < -0.4 is 4.74 Å². The Kier molecular flexibility index (Phi) is 3.28. The highest BCUT2D eigenvalue weighted by atomic mass is 16.7. The highest BCUT2D eigenvalue weighted by Gasteiger charge is 2.71. The first-order chi connectivity index (χ1) is 12.7.